The van der Waals surface area contributed by atoms with Crippen molar-refractivity contribution in [1.82, 2.24) is 15.2 Å². The Balaban J connectivity index is 1.45. The van der Waals surface area contributed by atoms with Crippen molar-refractivity contribution in [2.45, 2.75) is 20.0 Å². The zero-order chi connectivity index (χ0) is 18.8. The van der Waals surface area contributed by atoms with Crippen LogP contribution in [0.4, 0.5) is 0 Å². The van der Waals surface area contributed by atoms with E-state index >= 15 is 0 Å². The van der Waals surface area contributed by atoms with E-state index in [9.17, 15) is 4.79 Å². The van der Waals surface area contributed by atoms with Crippen LogP contribution in [0.15, 0.2) is 51.6 Å². The second-order valence-corrected chi connectivity index (χ2v) is 7.68. The average molecular weight is 397 g/mol. The predicted molar refractivity (Wildman–Crippen MR) is 104 cm³/mol. The third-order valence-electron chi connectivity index (χ3n) is 3.82. The summed E-state index contributed by atoms with van der Waals surface area (Å²) in [5.41, 5.74) is 2.23. The van der Waals surface area contributed by atoms with Gasteiger partial charge in [-0.3, -0.25) is 0 Å². The van der Waals surface area contributed by atoms with E-state index in [0.717, 1.165) is 21.0 Å². The number of carbonyl (C=O) groups excluding carboxylic acids is 1. The summed E-state index contributed by atoms with van der Waals surface area (Å²) in [6.07, 6.45) is -0.670. The van der Waals surface area contributed by atoms with Crippen LogP contribution in [0.3, 0.4) is 0 Å². The number of hydrogen-bond acceptors (Lipinski definition) is 8. The first kappa shape index (κ1) is 17.6. The van der Waals surface area contributed by atoms with E-state index in [2.05, 4.69) is 15.2 Å². The van der Waals surface area contributed by atoms with Gasteiger partial charge < -0.3 is 9.15 Å². The number of benzene rings is 1. The zero-order valence-electron chi connectivity index (χ0n) is 14.6. The highest BCUT2D eigenvalue weighted by Gasteiger charge is 2.22. The topological polar surface area (TPSA) is 78.1 Å². The van der Waals surface area contributed by atoms with E-state index < -0.39 is 12.1 Å². The molecule has 4 aromatic rings. The molecule has 0 aliphatic carbocycles. The quantitative estimate of drug-likeness (QED) is 0.434. The van der Waals surface area contributed by atoms with Crippen LogP contribution in [0, 0.1) is 6.92 Å². The van der Waals surface area contributed by atoms with Crippen LogP contribution < -0.4 is 0 Å². The number of aromatic nitrogens is 3. The largest absolute Gasteiger partial charge is 0.448 e. The first-order valence-electron chi connectivity index (χ1n) is 8.21. The molecule has 136 valence electrons. The Morgan fingerprint density at radius 1 is 1.15 bits per heavy atom. The Morgan fingerprint density at radius 2 is 1.96 bits per heavy atom. The molecule has 0 saturated heterocycles. The fraction of sp³-hybridized carbons (Fsp3) is 0.158. The van der Waals surface area contributed by atoms with E-state index in [1.165, 1.54) is 11.3 Å². The van der Waals surface area contributed by atoms with Gasteiger partial charge in [-0.1, -0.05) is 23.8 Å². The smallest absolute Gasteiger partial charge is 0.358 e. The van der Waals surface area contributed by atoms with Crippen LogP contribution in [0.1, 0.15) is 35.0 Å². The maximum atomic E-state index is 12.4. The SMILES string of the molecule is Cc1ccc(-c2nnc([C@@H](C)OC(=O)c3csc(-c4cccs4)n3)o2)cc1. The van der Waals surface area contributed by atoms with E-state index in [1.54, 1.807) is 23.6 Å². The van der Waals surface area contributed by atoms with E-state index in [-0.39, 0.29) is 11.6 Å². The minimum absolute atomic E-state index is 0.243. The van der Waals surface area contributed by atoms with Crippen molar-refractivity contribution in [1.29, 1.82) is 0 Å². The minimum atomic E-state index is -0.670. The van der Waals surface area contributed by atoms with Crippen molar-refractivity contribution in [2.24, 2.45) is 0 Å². The number of carbonyl (C=O) groups is 1. The van der Waals surface area contributed by atoms with Gasteiger partial charge in [0.2, 0.25) is 5.89 Å². The zero-order valence-corrected chi connectivity index (χ0v) is 16.2. The van der Waals surface area contributed by atoms with Crippen LogP contribution in [0.25, 0.3) is 21.3 Å². The maximum Gasteiger partial charge on any atom is 0.358 e. The van der Waals surface area contributed by atoms with Crippen molar-refractivity contribution in [3.8, 4) is 21.3 Å². The second-order valence-electron chi connectivity index (χ2n) is 5.87. The molecule has 8 heteroatoms. The van der Waals surface area contributed by atoms with Gasteiger partial charge in [0.25, 0.3) is 5.89 Å². The van der Waals surface area contributed by atoms with Crippen LogP contribution in [-0.2, 0) is 4.74 Å². The van der Waals surface area contributed by atoms with Gasteiger partial charge in [0.15, 0.2) is 11.8 Å². The van der Waals surface area contributed by atoms with Crippen LogP contribution in [0.2, 0.25) is 0 Å². The van der Waals surface area contributed by atoms with E-state index in [4.69, 9.17) is 9.15 Å². The van der Waals surface area contributed by atoms with Gasteiger partial charge in [0.05, 0.1) is 4.88 Å². The Kier molecular flexibility index (Phi) is 4.83. The Labute approximate surface area is 163 Å². The molecule has 27 heavy (non-hydrogen) atoms. The summed E-state index contributed by atoms with van der Waals surface area (Å²) < 4.78 is 11.1. The summed E-state index contributed by atoms with van der Waals surface area (Å²) in [6.45, 7) is 3.70. The van der Waals surface area contributed by atoms with Crippen LogP contribution >= 0.6 is 22.7 Å². The van der Waals surface area contributed by atoms with Gasteiger partial charge in [-0.25, -0.2) is 9.78 Å². The molecule has 4 rings (SSSR count). The van der Waals surface area contributed by atoms with Gasteiger partial charge in [-0.05, 0) is 37.4 Å². The molecule has 0 spiro atoms. The first-order chi connectivity index (χ1) is 13.1. The summed E-state index contributed by atoms with van der Waals surface area (Å²) in [5, 5.41) is 12.5. The minimum Gasteiger partial charge on any atom is -0.448 e. The number of nitrogens with zero attached hydrogens (tertiary/aromatic N) is 3. The van der Waals surface area contributed by atoms with Gasteiger partial charge in [0, 0.05) is 10.9 Å². The van der Waals surface area contributed by atoms with Gasteiger partial charge in [0.1, 0.15) is 5.01 Å². The highest BCUT2D eigenvalue weighted by molar-refractivity contribution is 7.20. The summed E-state index contributed by atoms with van der Waals surface area (Å²) in [6, 6.07) is 11.7. The highest BCUT2D eigenvalue weighted by Crippen LogP contribution is 2.29. The number of rotatable bonds is 5. The molecule has 3 aromatic heterocycles. The Morgan fingerprint density at radius 3 is 2.70 bits per heavy atom. The molecular weight excluding hydrogens is 382 g/mol. The number of aryl methyl sites for hydroxylation is 1. The standard InChI is InChI=1S/C19H15N3O3S2/c1-11-5-7-13(8-6-11)17-22-21-16(25-17)12(2)24-19(23)14-10-27-18(20-14)15-4-3-9-26-15/h3-10,12H,1-2H3/t12-/m1/s1. The lowest BCUT2D eigenvalue weighted by Crippen LogP contribution is -2.10. The van der Waals surface area contributed by atoms with Gasteiger partial charge >= 0.3 is 5.97 Å². The molecule has 1 aromatic carbocycles. The highest BCUT2D eigenvalue weighted by atomic mass is 32.1. The van der Waals surface area contributed by atoms with E-state index in [0.29, 0.717) is 5.89 Å². The summed E-state index contributed by atoms with van der Waals surface area (Å²) in [5.74, 6) is 0.116. The normalized spacial score (nSPS) is 12.1. The Bertz CT molecular complexity index is 1050. The fourth-order valence-electron chi connectivity index (χ4n) is 2.36. The summed E-state index contributed by atoms with van der Waals surface area (Å²) >= 11 is 2.98. The molecule has 0 radical (unpaired) electrons. The van der Waals surface area contributed by atoms with Gasteiger partial charge in [-0.15, -0.1) is 32.9 Å². The molecule has 0 bridgehead atoms. The molecule has 0 unspecified atom stereocenters. The lowest BCUT2D eigenvalue weighted by atomic mass is 10.1. The molecular formula is C19H15N3O3S2. The maximum absolute atomic E-state index is 12.4. The number of hydrogen-bond donors (Lipinski definition) is 0. The second kappa shape index (κ2) is 7.42. The summed E-state index contributed by atoms with van der Waals surface area (Å²) in [7, 11) is 0. The van der Waals surface area contributed by atoms with E-state index in [1.807, 2.05) is 48.7 Å². The molecule has 0 saturated carbocycles. The molecule has 0 aliphatic heterocycles. The van der Waals surface area contributed by atoms with Crippen molar-refractivity contribution >= 4 is 28.6 Å². The monoisotopic (exact) mass is 397 g/mol. The average Bonchev–Trinajstić information content (AvgIpc) is 3.42. The molecule has 3 heterocycles. The lowest BCUT2D eigenvalue weighted by molar-refractivity contribution is 0.0274. The predicted octanol–water partition coefficient (Wildman–Crippen LogP) is 5.15. The number of thiophene rings is 1. The fourth-order valence-corrected chi connectivity index (χ4v) is 3.97. The molecule has 0 amide bonds. The van der Waals surface area contributed by atoms with Crippen molar-refractivity contribution in [3.63, 3.8) is 0 Å². The lowest BCUT2D eigenvalue weighted by Gasteiger charge is -2.07. The Hall–Kier alpha value is -2.84. The molecule has 0 N–H and O–H groups in total. The van der Waals surface area contributed by atoms with Crippen molar-refractivity contribution in [2.75, 3.05) is 0 Å². The number of ether oxygens (including phenoxy) is 1. The molecule has 6 nitrogen and oxygen atoms in total. The van der Waals surface area contributed by atoms with Crippen molar-refractivity contribution < 1.29 is 13.9 Å². The van der Waals surface area contributed by atoms with Crippen molar-refractivity contribution in [3.05, 3.63) is 64.3 Å². The number of thiazole rings is 1. The van der Waals surface area contributed by atoms with Crippen LogP contribution in [0.5, 0.6) is 0 Å². The van der Waals surface area contributed by atoms with Gasteiger partial charge in [-0.2, -0.15) is 0 Å². The molecule has 0 aliphatic rings. The summed E-state index contributed by atoms with van der Waals surface area (Å²) in [4.78, 5) is 17.7. The molecule has 0 fully saturated rings. The number of esters is 1. The van der Waals surface area contributed by atoms with Crippen LogP contribution in [-0.4, -0.2) is 21.2 Å². The third kappa shape index (κ3) is 3.81. The third-order valence-corrected chi connectivity index (χ3v) is 5.70. The molecule has 1 atom stereocenters. The first-order valence-corrected chi connectivity index (χ1v) is 9.97.